The van der Waals surface area contributed by atoms with Gasteiger partial charge in [-0.2, -0.15) is 0 Å². The topological polar surface area (TPSA) is 52.3 Å². The summed E-state index contributed by atoms with van der Waals surface area (Å²) < 4.78 is 5.08. The normalized spacial score (nSPS) is 10.7. The molecule has 0 saturated heterocycles. The van der Waals surface area contributed by atoms with E-state index in [-0.39, 0.29) is 5.97 Å². The van der Waals surface area contributed by atoms with Gasteiger partial charge < -0.3 is 10.5 Å². The van der Waals surface area contributed by atoms with Crippen molar-refractivity contribution in [3.63, 3.8) is 0 Å². The number of carbonyl (C=O) groups excluding carboxylic acids is 1. The lowest BCUT2D eigenvalue weighted by Gasteiger charge is -2.07. The van der Waals surface area contributed by atoms with Gasteiger partial charge in [-0.25, -0.2) is 4.79 Å². The number of esters is 1. The average molecular weight is 324 g/mol. The molecule has 3 nitrogen and oxygen atoms in total. The molecule has 0 aliphatic heterocycles. The van der Waals surface area contributed by atoms with Crippen LogP contribution in [0, 0.1) is 6.92 Å². The van der Waals surface area contributed by atoms with Crippen molar-refractivity contribution >= 4 is 34.6 Å². The summed E-state index contributed by atoms with van der Waals surface area (Å²) in [5, 5.41) is 0.708. The molecule has 0 atom stereocenters. The Bertz CT molecular complexity index is 679. The predicted molar refractivity (Wildman–Crippen MR) is 89.2 cm³/mol. The second kappa shape index (κ2) is 6.50. The van der Waals surface area contributed by atoms with E-state index in [9.17, 15) is 4.79 Å². The number of carbonyl (C=O) groups is 1. The minimum atomic E-state index is -0.361. The Labute approximate surface area is 133 Å². The molecule has 1 heterocycles. The van der Waals surface area contributed by atoms with Crippen LogP contribution in [0.3, 0.4) is 0 Å². The first-order valence-corrected chi connectivity index (χ1v) is 8.04. The van der Waals surface area contributed by atoms with Crippen LogP contribution in [0.4, 0.5) is 5.69 Å². The van der Waals surface area contributed by atoms with Crippen LogP contribution in [0.25, 0.3) is 10.4 Å². The van der Waals surface area contributed by atoms with Gasteiger partial charge >= 0.3 is 5.97 Å². The lowest BCUT2D eigenvalue weighted by atomic mass is 10.0. The Kier molecular flexibility index (Phi) is 4.91. The number of thiophene rings is 1. The van der Waals surface area contributed by atoms with E-state index in [0.717, 1.165) is 28.0 Å². The molecule has 2 aromatic rings. The summed E-state index contributed by atoms with van der Waals surface area (Å²) in [6.45, 7) is 6.11. The van der Waals surface area contributed by atoms with Crippen LogP contribution in [0.15, 0.2) is 18.2 Å². The molecule has 0 amide bonds. The van der Waals surface area contributed by atoms with Gasteiger partial charge in [-0.15, -0.1) is 11.3 Å². The van der Waals surface area contributed by atoms with E-state index >= 15 is 0 Å². The number of anilines is 1. The number of nitrogens with two attached hydrogens (primary N) is 1. The molecule has 21 heavy (non-hydrogen) atoms. The quantitative estimate of drug-likeness (QED) is 0.830. The van der Waals surface area contributed by atoms with E-state index in [1.54, 1.807) is 6.92 Å². The fourth-order valence-electron chi connectivity index (χ4n) is 2.25. The summed E-state index contributed by atoms with van der Waals surface area (Å²) in [6.07, 6.45) is 0.753. The van der Waals surface area contributed by atoms with Gasteiger partial charge in [-0.1, -0.05) is 30.7 Å². The Morgan fingerprint density at radius 1 is 1.38 bits per heavy atom. The average Bonchev–Trinajstić information content (AvgIpc) is 2.79. The molecule has 1 aromatic carbocycles. The second-order valence-corrected chi connectivity index (χ2v) is 6.07. The van der Waals surface area contributed by atoms with E-state index in [0.29, 0.717) is 22.2 Å². The summed E-state index contributed by atoms with van der Waals surface area (Å²) in [4.78, 5) is 13.5. The van der Waals surface area contributed by atoms with Crippen molar-refractivity contribution in [2.75, 3.05) is 12.3 Å². The minimum absolute atomic E-state index is 0.336. The van der Waals surface area contributed by atoms with Crippen molar-refractivity contribution in [3.05, 3.63) is 39.2 Å². The fraction of sp³-hybridized carbons (Fsp3) is 0.312. The summed E-state index contributed by atoms with van der Waals surface area (Å²) >= 11 is 7.58. The van der Waals surface area contributed by atoms with E-state index in [1.807, 2.05) is 32.0 Å². The molecule has 0 unspecified atom stereocenters. The number of hydrogen-bond acceptors (Lipinski definition) is 4. The maximum Gasteiger partial charge on any atom is 0.350 e. The zero-order chi connectivity index (χ0) is 15.6. The van der Waals surface area contributed by atoms with Crippen molar-refractivity contribution in [2.45, 2.75) is 27.2 Å². The van der Waals surface area contributed by atoms with Crippen molar-refractivity contribution in [3.8, 4) is 10.4 Å². The molecule has 1 aromatic heterocycles. The second-order valence-electron chi connectivity index (χ2n) is 4.64. The van der Waals surface area contributed by atoms with E-state index in [1.165, 1.54) is 11.3 Å². The lowest BCUT2D eigenvalue weighted by molar-refractivity contribution is 0.0533. The van der Waals surface area contributed by atoms with Crippen LogP contribution in [0.1, 0.15) is 34.6 Å². The third-order valence-electron chi connectivity index (χ3n) is 3.37. The molecule has 0 aliphatic carbocycles. The number of halogens is 1. The first-order chi connectivity index (χ1) is 10.0. The molecule has 0 fully saturated rings. The van der Waals surface area contributed by atoms with Crippen LogP contribution in [-0.2, 0) is 11.2 Å². The Morgan fingerprint density at radius 2 is 2.10 bits per heavy atom. The molecule has 2 rings (SSSR count). The first kappa shape index (κ1) is 15.9. The molecule has 5 heteroatoms. The molecule has 0 aliphatic rings. The number of benzene rings is 1. The molecule has 2 N–H and O–H groups in total. The fourth-order valence-corrected chi connectivity index (χ4v) is 3.71. The monoisotopic (exact) mass is 323 g/mol. The van der Waals surface area contributed by atoms with Crippen molar-refractivity contribution in [2.24, 2.45) is 0 Å². The lowest BCUT2D eigenvalue weighted by Crippen LogP contribution is -2.05. The third kappa shape index (κ3) is 2.92. The Balaban J connectivity index is 2.61. The molecular weight excluding hydrogens is 306 g/mol. The highest BCUT2D eigenvalue weighted by molar-refractivity contribution is 7.18. The van der Waals surface area contributed by atoms with Crippen LogP contribution >= 0.6 is 22.9 Å². The van der Waals surface area contributed by atoms with Gasteiger partial charge in [0.2, 0.25) is 0 Å². The van der Waals surface area contributed by atoms with Crippen LogP contribution in [0.2, 0.25) is 5.02 Å². The van der Waals surface area contributed by atoms with Crippen molar-refractivity contribution < 1.29 is 9.53 Å². The van der Waals surface area contributed by atoms with Gasteiger partial charge in [0.25, 0.3) is 0 Å². The van der Waals surface area contributed by atoms with Gasteiger partial charge in [0.1, 0.15) is 4.88 Å². The maximum absolute atomic E-state index is 12.0. The zero-order valence-electron chi connectivity index (χ0n) is 12.3. The summed E-state index contributed by atoms with van der Waals surface area (Å²) in [5.74, 6) is -0.361. The van der Waals surface area contributed by atoms with Crippen molar-refractivity contribution in [1.29, 1.82) is 0 Å². The largest absolute Gasteiger partial charge is 0.462 e. The maximum atomic E-state index is 12.0. The van der Waals surface area contributed by atoms with E-state index in [2.05, 4.69) is 0 Å². The standard InChI is InChI=1S/C16H18ClNO2S/c1-4-10-13(18)15(16(19)20-5-2)21-14(10)11-7-6-8-12(17)9(11)3/h6-8H,4-5,18H2,1-3H3. The number of hydrogen-bond donors (Lipinski definition) is 1. The van der Waals surface area contributed by atoms with Gasteiger partial charge in [-0.05, 0) is 43.0 Å². The molecule has 0 bridgehead atoms. The molecule has 0 radical (unpaired) electrons. The Morgan fingerprint density at radius 3 is 2.71 bits per heavy atom. The molecular formula is C16H18ClNO2S. The smallest absolute Gasteiger partial charge is 0.350 e. The van der Waals surface area contributed by atoms with E-state index in [4.69, 9.17) is 22.1 Å². The highest BCUT2D eigenvalue weighted by Gasteiger charge is 2.22. The SMILES string of the molecule is CCOC(=O)c1sc(-c2cccc(Cl)c2C)c(CC)c1N. The minimum Gasteiger partial charge on any atom is -0.462 e. The molecule has 0 spiro atoms. The Hall–Kier alpha value is -1.52. The summed E-state index contributed by atoms with van der Waals surface area (Å²) in [6, 6.07) is 5.76. The number of ether oxygens (including phenoxy) is 1. The molecule has 0 saturated carbocycles. The summed E-state index contributed by atoms with van der Waals surface area (Å²) in [5.41, 5.74) is 9.66. The summed E-state index contributed by atoms with van der Waals surface area (Å²) in [7, 11) is 0. The highest BCUT2D eigenvalue weighted by atomic mass is 35.5. The van der Waals surface area contributed by atoms with Gasteiger partial charge in [-0.3, -0.25) is 0 Å². The van der Waals surface area contributed by atoms with Gasteiger partial charge in [0.05, 0.1) is 12.3 Å². The highest BCUT2D eigenvalue weighted by Crippen LogP contribution is 2.41. The first-order valence-electron chi connectivity index (χ1n) is 6.84. The molecule has 112 valence electrons. The zero-order valence-corrected chi connectivity index (χ0v) is 13.9. The van der Waals surface area contributed by atoms with Gasteiger partial charge in [0.15, 0.2) is 0 Å². The third-order valence-corrected chi connectivity index (χ3v) is 5.05. The van der Waals surface area contributed by atoms with Crippen LogP contribution in [0.5, 0.6) is 0 Å². The number of rotatable bonds is 4. The van der Waals surface area contributed by atoms with Crippen LogP contribution < -0.4 is 5.73 Å². The van der Waals surface area contributed by atoms with Gasteiger partial charge in [0, 0.05) is 9.90 Å². The van der Waals surface area contributed by atoms with Crippen molar-refractivity contribution in [1.82, 2.24) is 0 Å². The van der Waals surface area contributed by atoms with E-state index < -0.39 is 0 Å². The number of nitrogen functional groups attached to an aromatic ring is 1. The van der Waals surface area contributed by atoms with Crippen LogP contribution in [-0.4, -0.2) is 12.6 Å². The predicted octanol–water partition coefficient (Wildman–Crippen LogP) is 4.70.